The lowest BCUT2D eigenvalue weighted by atomic mass is 9.60. The first kappa shape index (κ1) is 25.8. The van der Waals surface area contributed by atoms with Gasteiger partial charge in [-0.1, -0.05) is 41.9 Å². The number of aromatic nitrogens is 1. The Bertz CT molecular complexity index is 1500. The predicted octanol–water partition coefficient (Wildman–Crippen LogP) is 7.91. The standard InChI is InChI=1S/C33H35ClN2O3/c1-22-18-29-27(11-16-35-29)30(19-22)39-17-5-7-24-20-23-6-2-3-10-28(23)32(24)12-14-33(15-13-32,31(37)38)36-26-9-4-8-25(34)21-26/h2-4,6,8-11,16,18-19,21,24,35-36H,5,7,12-15,17,20H2,1H3,(H,37,38)/t24-,32?,33?/m1/s1. The van der Waals surface area contributed by atoms with Crippen LogP contribution in [0, 0.1) is 12.8 Å². The van der Waals surface area contributed by atoms with Crippen LogP contribution in [-0.2, 0) is 16.6 Å². The number of H-pyrrole nitrogens is 1. The first-order valence-corrected chi connectivity index (χ1v) is 14.3. The van der Waals surface area contributed by atoms with Crippen molar-refractivity contribution in [3.05, 3.63) is 94.6 Å². The van der Waals surface area contributed by atoms with Crippen LogP contribution in [0.3, 0.4) is 0 Å². The van der Waals surface area contributed by atoms with Crippen LogP contribution in [0.15, 0.2) is 72.9 Å². The molecule has 1 saturated carbocycles. The highest BCUT2D eigenvalue weighted by molar-refractivity contribution is 6.30. The lowest BCUT2D eigenvalue weighted by Gasteiger charge is -2.47. The maximum absolute atomic E-state index is 12.6. The molecule has 0 unspecified atom stereocenters. The molecular formula is C33H35ClN2O3. The average molecular weight is 543 g/mol. The summed E-state index contributed by atoms with van der Waals surface area (Å²) in [6.45, 7) is 2.76. The number of carboxylic acids is 1. The molecule has 3 N–H and O–H groups in total. The van der Waals surface area contributed by atoms with Gasteiger partial charge in [0.2, 0.25) is 0 Å². The van der Waals surface area contributed by atoms with E-state index in [0.29, 0.717) is 30.4 Å². The van der Waals surface area contributed by atoms with Gasteiger partial charge in [-0.05, 0) is 116 Å². The van der Waals surface area contributed by atoms with Crippen molar-refractivity contribution in [3.8, 4) is 5.75 Å². The largest absolute Gasteiger partial charge is 0.493 e. The summed E-state index contributed by atoms with van der Waals surface area (Å²) in [6.07, 6.45) is 7.86. The minimum absolute atomic E-state index is 0.00277. The molecule has 1 heterocycles. The molecule has 39 heavy (non-hydrogen) atoms. The third kappa shape index (κ3) is 4.78. The highest BCUT2D eigenvalue weighted by Gasteiger charge is 2.53. The van der Waals surface area contributed by atoms with Crippen LogP contribution < -0.4 is 10.1 Å². The molecule has 2 aliphatic carbocycles. The minimum Gasteiger partial charge on any atom is -0.493 e. The van der Waals surface area contributed by atoms with E-state index in [1.165, 1.54) is 16.7 Å². The summed E-state index contributed by atoms with van der Waals surface area (Å²) >= 11 is 6.19. The number of aryl methyl sites for hydroxylation is 1. The summed E-state index contributed by atoms with van der Waals surface area (Å²) < 4.78 is 6.29. The fourth-order valence-corrected chi connectivity index (χ4v) is 7.37. The number of halogens is 1. The topological polar surface area (TPSA) is 74.3 Å². The van der Waals surface area contributed by atoms with Crippen molar-refractivity contribution in [3.63, 3.8) is 0 Å². The number of fused-ring (bicyclic) bond motifs is 3. The van der Waals surface area contributed by atoms with E-state index in [0.717, 1.165) is 54.4 Å². The molecule has 1 fully saturated rings. The number of rotatable bonds is 8. The van der Waals surface area contributed by atoms with E-state index in [1.807, 2.05) is 18.3 Å². The van der Waals surface area contributed by atoms with Crippen LogP contribution in [-0.4, -0.2) is 28.2 Å². The summed E-state index contributed by atoms with van der Waals surface area (Å²) in [7, 11) is 0. The van der Waals surface area contributed by atoms with Gasteiger partial charge < -0.3 is 20.1 Å². The highest BCUT2D eigenvalue weighted by atomic mass is 35.5. The molecule has 5 nitrogen and oxygen atoms in total. The molecule has 6 rings (SSSR count). The molecule has 6 heteroatoms. The Kier molecular flexibility index (Phi) is 6.80. The van der Waals surface area contributed by atoms with Crippen LogP contribution in [0.1, 0.15) is 55.2 Å². The first-order valence-electron chi connectivity index (χ1n) is 13.9. The number of benzene rings is 3. The number of hydrogen-bond acceptors (Lipinski definition) is 3. The van der Waals surface area contributed by atoms with Crippen LogP contribution in [0.4, 0.5) is 5.69 Å². The summed E-state index contributed by atoms with van der Waals surface area (Å²) in [5.41, 5.74) is 4.89. The van der Waals surface area contributed by atoms with E-state index >= 15 is 0 Å². The van der Waals surface area contributed by atoms with Gasteiger partial charge in [0.15, 0.2) is 0 Å². The zero-order valence-electron chi connectivity index (χ0n) is 22.3. The van der Waals surface area contributed by atoms with Gasteiger partial charge in [0, 0.05) is 27.8 Å². The van der Waals surface area contributed by atoms with Crippen molar-refractivity contribution in [1.29, 1.82) is 0 Å². The third-order valence-corrected chi connectivity index (χ3v) is 9.38. The summed E-state index contributed by atoms with van der Waals surface area (Å²) in [5, 5.41) is 15.4. The van der Waals surface area contributed by atoms with Gasteiger partial charge in [0.25, 0.3) is 0 Å². The Morgan fingerprint density at radius 3 is 2.69 bits per heavy atom. The van der Waals surface area contributed by atoms with Crippen molar-refractivity contribution in [2.24, 2.45) is 5.92 Å². The predicted molar refractivity (Wildman–Crippen MR) is 157 cm³/mol. The number of carbonyl (C=O) groups is 1. The SMILES string of the molecule is Cc1cc(OCCC[C@@H]2Cc3ccccc3C23CCC(Nc2cccc(Cl)c2)(C(=O)O)CC3)c2cc[nH]c2c1. The smallest absolute Gasteiger partial charge is 0.329 e. The van der Waals surface area contributed by atoms with Gasteiger partial charge in [-0.3, -0.25) is 0 Å². The molecule has 2 aliphatic rings. The maximum atomic E-state index is 12.6. The molecule has 0 aliphatic heterocycles. The maximum Gasteiger partial charge on any atom is 0.329 e. The normalized spacial score (nSPS) is 24.1. The van der Waals surface area contributed by atoms with Gasteiger partial charge in [-0.2, -0.15) is 0 Å². The van der Waals surface area contributed by atoms with Crippen molar-refractivity contribution < 1.29 is 14.6 Å². The van der Waals surface area contributed by atoms with Crippen molar-refractivity contribution >= 4 is 34.2 Å². The lowest BCUT2D eigenvalue weighted by Crippen LogP contribution is -2.53. The van der Waals surface area contributed by atoms with E-state index < -0.39 is 11.5 Å². The summed E-state index contributed by atoms with van der Waals surface area (Å²) in [6, 6.07) is 22.5. The zero-order chi connectivity index (χ0) is 27.0. The van der Waals surface area contributed by atoms with Crippen LogP contribution >= 0.6 is 11.6 Å². The minimum atomic E-state index is -0.992. The van der Waals surface area contributed by atoms with Crippen LogP contribution in [0.25, 0.3) is 10.9 Å². The second kappa shape index (κ2) is 10.3. The second-order valence-electron chi connectivity index (χ2n) is 11.4. The number of carboxylic acid groups (broad SMARTS) is 1. The molecule has 0 amide bonds. The number of anilines is 1. The second-order valence-corrected chi connectivity index (χ2v) is 11.9. The highest BCUT2D eigenvalue weighted by Crippen LogP contribution is 2.55. The van der Waals surface area contributed by atoms with Gasteiger partial charge >= 0.3 is 5.97 Å². The van der Waals surface area contributed by atoms with Crippen molar-refractivity contribution in [1.82, 2.24) is 4.98 Å². The molecule has 0 bridgehead atoms. The number of aromatic amines is 1. The Labute approximate surface area is 234 Å². The van der Waals surface area contributed by atoms with Crippen molar-refractivity contribution in [2.75, 3.05) is 11.9 Å². The van der Waals surface area contributed by atoms with E-state index in [2.05, 4.69) is 59.7 Å². The van der Waals surface area contributed by atoms with Gasteiger partial charge in [0.05, 0.1) is 6.61 Å². The molecular weight excluding hydrogens is 508 g/mol. The summed E-state index contributed by atoms with van der Waals surface area (Å²) in [4.78, 5) is 15.9. The van der Waals surface area contributed by atoms with E-state index in [-0.39, 0.29) is 5.41 Å². The Hall–Kier alpha value is -3.44. The summed E-state index contributed by atoms with van der Waals surface area (Å²) in [5.74, 6) is 0.621. The van der Waals surface area contributed by atoms with Crippen LogP contribution in [0.5, 0.6) is 5.75 Å². The fraction of sp³-hybridized carbons (Fsp3) is 0.364. The molecule has 1 aromatic heterocycles. The van der Waals surface area contributed by atoms with Crippen molar-refractivity contribution in [2.45, 2.75) is 62.8 Å². The molecule has 1 spiro atoms. The number of hydrogen-bond donors (Lipinski definition) is 3. The van der Waals surface area contributed by atoms with Gasteiger partial charge in [0.1, 0.15) is 11.3 Å². The molecule has 202 valence electrons. The Morgan fingerprint density at radius 1 is 1.08 bits per heavy atom. The molecule has 3 aromatic carbocycles. The zero-order valence-corrected chi connectivity index (χ0v) is 23.1. The number of aliphatic carboxylic acids is 1. The van der Waals surface area contributed by atoms with E-state index in [4.69, 9.17) is 16.3 Å². The average Bonchev–Trinajstić information content (AvgIpc) is 3.51. The number of ether oxygens (including phenoxy) is 1. The molecule has 1 atom stereocenters. The third-order valence-electron chi connectivity index (χ3n) is 9.14. The number of nitrogens with one attached hydrogen (secondary N) is 2. The van der Waals surface area contributed by atoms with E-state index in [9.17, 15) is 9.90 Å². The fourth-order valence-electron chi connectivity index (χ4n) is 7.18. The molecule has 0 radical (unpaired) electrons. The lowest BCUT2D eigenvalue weighted by molar-refractivity contribution is -0.144. The monoisotopic (exact) mass is 542 g/mol. The Balaban J connectivity index is 1.18. The van der Waals surface area contributed by atoms with E-state index in [1.54, 1.807) is 12.1 Å². The molecule has 0 saturated heterocycles. The quantitative estimate of drug-likeness (QED) is 0.198. The first-order chi connectivity index (χ1) is 18.9. The van der Waals surface area contributed by atoms with Gasteiger partial charge in [-0.15, -0.1) is 0 Å². The van der Waals surface area contributed by atoms with Gasteiger partial charge in [-0.25, -0.2) is 4.79 Å². The Morgan fingerprint density at radius 2 is 1.90 bits per heavy atom. The molecule has 4 aromatic rings. The van der Waals surface area contributed by atoms with Crippen LogP contribution in [0.2, 0.25) is 5.02 Å².